The Kier molecular flexibility index (Phi) is 6.46. The van der Waals surface area contributed by atoms with Gasteiger partial charge in [0.1, 0.15) is 6.10 Å². The van der Waals surface area contributed by atoms with Gasteiger partial charge in [-0.05, 0) is 68.2 Å². The maximum Gasteiger partial charge on any atom is 0.251 e. The summed E-state index contributed by atoms with van der Waals surface area (Å²) in [5.41, 5.74) is 2.41. The molecule has 2 amide bonds. The molecule has 3 saturated heterocycles. The second-order valence-corrected chi connectivity index (χ2v) is 11.6. The van der Waals surface area contributed by atoms with Gasteiger partial charge in [-0.2, -0.15) is 4.31 Å². The normalized spacial score (nSPS) is 24.8. The molecular formula is C24H33N3O5S. The van der Waals surface area contributed by atoms with Crippen LogP contribution in [0.25, 0.3) is 0 Å². The number of ether oxygens (including phenoxy) is 1. The number of aryl methyl sites for hydroxylation is 2. The van der Waals surface area contributed by atoms with E-state index in [0.29, 0.717) is 63.6 Å². The van der Waals surface area contributed by atoms with Crippen molar-refractivity contribution in [1.82, 2.24) is 14.1 Å². The standard InChI is InChI=1S/C24H33N3O5S/c28-23(25-12-14-26(15-13-25)24(29)22-5-2-16-32-22)19-8-10-27(11-9-19)33(30,31)21-7-6-18-3-1-4-20(18)17-21/h6-7,17,19,22H,1-5,8-16H2. The summed E-state index contributed by atoms with van der Waals surface area (Å²) in [6.07, 6.45) is 5.53. The van der Waals surface area contributed by atoms with E-state index in [9.17, 15) is 18.0 Å². The van der Waals surface area contributed by atoms with Gasteiger partial charge in [0.05, 0.1) is 4.90 Å². The summed E-state index contributed by atoms with van der Waals surface area (Å²) < 4.78 is 33.4. The van der Waals surface area contributed by atoms with Crippen LogP contribution in [0, 0.1) is 5.92 Å². The Morgan fingerprint density at radius 3 is 2.15 bits per heavy atom. The van der Waals surface area contributed by atoms with E-state index in [2.05, 4.69) is 0 Å². The number of sulfonamides is 1. The Labute approximate surface area is 195 Å². The third kappa shape index (κ3) is 4.55. The molecule has 1 unspecified atom stereocenters. The lowest BCUT2D eigenvalue weighted by Crippen LogP contribution is -2.54. The summed E-state index contributed by atoms with van der Waals surface area (Å²) in [5.74, 6) is -0.0182. The van der Waals surface area contributed by atoms with Gasteiger partial charge >= 0.3 is 0 Å². The molecule has 3 heterocycles. The maximum absolute atomic E-state index is 13.2. The number of hydrogen-bond acceptors (Lipinski definition) is 5. The molecule has 0 saturated carbocycles. The van der Waals surface area contributed by atoms with E-state index >= 15 is 0 Å². The number of carbonyl (C=O) groups excluding carboxylic acids is 2. The second-order valence-electron chi connectivity index (χ2n) is 9.61. The molecule has 0 bridgehead atoms. The molecule has 3 fully saturated rings. The van der Waals surface area contributed by atoms with Crippen molar-refractivity contribution >= 4 is 21.8 Å². The Balaban J connectivity index is 1.13. The van der Waals surface area contributed by atoms with Crippen LogP contribution in [0.15, 0.2) is 23.1 Å². The van der Waals surface area contributed by atoms with Gasteiger partial charge in [0.15, 0.2) is 0 Å². The van der Waals surface area contributed by atoms with Gasteiger partial charge in [-0.25, -0.2) is 8.42 Å². The van der Waals surface area contributed by atoms with Crippen LogP contribution in [0.1, 0.15) is 43.2 Å². The first-order valence-corrected chi connectivity index (χ1v) is 13.7. The smallest absolute Gasteiger partial charge is 0.251 e. The van der Waals surface area contributed by atoms with Crippen LogP contribution in [-0.2, 0) is 37.2 Å². The molecule has 5 rings (SSSR count). The lowest BCUT2D eigenvalue weighted by Gasteiger charge is -2.38. The number of benzene rings is 1. The molecule has 0 N–H and O–H groups in total. The SMILES string of the molecule is O=C(C1CCN(S(=O)(=O)c2ccc3c(c2)CCC3)CC1)N1CCN(C(=O)C2CCCO2)CC1. The molecular weight excluding hydrogens is 442 g/mol. The predicted molar refractivity (Wildman–Crippen MR) is 122 cm³/mol. The molecule has 8 nitrogen and oxygen atoms in total. The zero-order valence-electron chi connectivity index (χ0n) is 19.1. The highest BCUT2D eigenvalue weighted by Crippen LogP contribution is 2.29. The number of amides is 2. The summed E-state index contributed by atoms with van der Waals surface area (Å²) in [7, 11) is -3.53. The monoisotopic (exact) mass is 475 g/mol. The van der Waals surface area contributed by atoms with E-state index < -0.39 is 10.0 Å². The van der Waals surface area contributed by atoms with Crippen molar-refractivity contribution in [2.45, 2.75) is 55.9 Å². The number of rotatable bonds is 4. The van der Waals surface area contributed by atoms with Gasteiger partial charge in [-0.1, -0.05) is 6.07 Å². The lowest BCUT2D eigenvalue weighted by atomic mass is 9.96. The highest BCUT2D eigenvalue weighted by Gasteiger charge is 2.36. The fourth-order valence-corrected chi connectivity index (χ4v) is 7.10. The molecule has 0 radical (unpaired) electrons. The Hall–Kier alpha value is -1.97. The number of piperidine rings is 1. The topological polar surface area (TPSA) is 87.2 Å². The van der Waals surface area contributed by atoms with Crippen LogP contribution in [0.4, 0.5) is 0 Å². The molecule has 180 valence electrons. The minimum absolute atomic E-state index is 0.0460. The summed E-state index contributed by atoms with van der Waals surface area (Å²) in [6, 6.07) is 5.52. The molecule has 0 spiro atoms. The van der Waals surface area contributed by atoms with Gasteiger partial charge in [-0.3, -0.25) is 9.59 Å². The van der Waals surface area contributed by atoms with Crippen molar-refractivity contribution in [3.63, 3.8) is 0 Å². The number of carbonyl (C=O) groups is 2. The first kappa shape index (κ1) is 22.8. The number of nitrogens with zero attached hydrogens (tertiary/aromatic N) is 3. The van der Waals surface area contributed by atoms with Gasteiger partial charge in [0.25, 0.3) is 5.91 Å². The molecule has 1 aromatic carbocycles. The van der Waals surface area contributed by atoms with Crippen LogP contribution in [0.3, 0.4) is 0 Å². The molecule has 3 aliphatic heterocycles. The molecule has 1 atom stereocenters. The third-order valence-electron chi connectivity index (χ3n) is 7.62. The van der Waals surface area contributed by atoms with Gasteiger partial charge in [0, 0.05) is 51.8 Å². The van der Waals surface area contributed by atoms with Crippen LogP contribution < -0.4 is 0 Å². The van der Waals surface area contributed by atoms with E-state index in [1.54, 1.807) is 6.07 Å². The highest BCUT2D eigenvalue weighted by atomic mass is 32.2. The minimum atomic E-state index is -3.53. The van der Waals surface area contributed by atoms with Crippen LogP contribution in [-0.4, -0.2) is 86.3 Å². The average molecular weight is 476 g/mol. The first-order valence-electron chi connectivity index (χ1n) is 12.2. The van der Waals surface area contributed by atoms with Crippen molar-refractivity contribution in [3.8, 4) is 0 Å². The lowest BCUT2D eigenvalue weighted by molar-refractivity contribution is -0.147. The van der Waals surface area contributed by atoms with E-state index in [0.717, 1.165) is 37.7 Å². The highest BCUT2D eigenvalue weighted by molar-refractivity contribution is 7.89. The molecule has 0 aromatic heterocycles. The summed E-state index contributed by atoms with van der Waals surface area (Å²) in [4.78, 5) is 29.6. The largest absolute Gasteiger partial charge is 0.368 e. The summed E-state index contributed by atoms with van der Waals surface area (Å²) in [5, 5.41) is 0. The zero-order valence-corrected chi connectivity index (χ0v) is 19.9. The minimum Gasteiger partial charge on any atom is -0.368 e. The predicted octanol–water partition coefficient (Wildman–Crippen LogP) is 1.43. The Morgan fingerprint density at radius 1 is 0.818 bits per heavy atom. The molecule has 9 heteroatoms. The van der Waals surface area contributed by atoms with Gasteiger partial charge in [0.2, 0.25) is 15.9 Å². The van der Waals surface area contributed by atoms with E-state index in [-0.39, 0.29) is 23.8 Å². The zero-order chi connectivity index (χ0) is 23.0. The van der Waals surface area contributed by atoms with Crippen molar-refractivity contribution in [3.05, 3.63) is 29.3 Å². The summed E-state index contributed by atoms with van der Waals surface area (Å²) in [6.45, 7) is 3.53. The number of fused-ring (bicyclic) bond motifs is 1. The van der Waals surface area contributed by atoms with E-state index in [1.165, 1.54) is 9.87 Å². The average Bonchev–Trinajstić information content (AvgIpc) is 3.55. The van der Waals surface area contributed by atoms with Crippen LogP contribution in [0.5, 0.6) is 0 Å². The quantitative estimate of drug-likeness (QED) is 0.658. The van der Waals surface area contributed by atoms with Gasteiger partial charge < -0.3 is 14.5 Å². The fraction of sp³-hybridized carbons (Fsp3) is 0.667. The number of piperazine rings is 1. The summed E-state index contributed by atoms with van der Waals surface area (Å²) >= 11 is 0. The van der Waals surface area contributed by atoms with Crippen LogP contribution in [0.2, 0.25) is 0 Å². The molecule has 1 aromatic rings. The van der Waals surface area contributed by atoms with Crippen molar-refractivity contribution in [1.29, 1.82) is 0 Å². The third-order valence-corrected chi connectivity index (χ3v) is 9.51. The van der Waals surface area contributed by atoms with Crippen molar-refractivity contribution in [2.75, 3.05) is 45.9 Å². The second kappa shape index (κ2) is 9.35. The van der Waals surface area contributed by atoms with Crippen molar-refractivity contribution < 1.29 is 22.7 Å². The van der Waals surface area contributed by atoms with Gasteiger partial charge in [-0.15, -0.1) is 0 Å². The first-order chi connectivity index (χ1) is 15.9. The fourth-order valence-electron chi connectivity index (χ4n) is 5.58. The molecule has 4 aliphatic rings. The molecule has 33 heavy (non-hydrogen) atoms. The van der Waals surface area contributed by atoms with E-state index in [4.69, 9.17) is 4.74 Å². The van der Waals surface area contributed by atoms with Crippen molar-refractivity contribution in [2.24, 2.45) is 5.92 Å². The number of hydrogen-bond donors (Lipinski definition) is 0. The van der Waals surface area contributed by atoms with E-state index in [1.807, 2.05) is 21.9 Å². The Bertz CT molecular complexity index is 1000. The molecule has 1 aliphatic carbocycles. The van der Waals surface area contributed by atoms with Crippen LogP contribution >= 0.6 is 0 Å². The Morgan fingerprint density at radius 2 is 1.48 bits per heavy atom. The maximum atomic E-state index is 13.2.